The molecule has 2 aliphatic rings. The van der Waals surface area contributed by atoms with Gasteiger partial charge in [0.2, 0.25) is 0 Å². The number of hydrogen-bond donors (Lipinski definition) is 2. The van der Waals surface area contributed by atoms with Gasteiger partial charge in [-0.25, -0.2) is 14.4 Å². The van der Waals surface area contributed by atoms with Crippen molar-refractivity contribution in [3.05, 3.63) is 70.8 Å². The zero-order chi connectivity index (χ0) is 36.4. The molecule has 2 aromatic carbocycles. The maximum Gasteiger partial charge on any atom is 0.410 e. The van der Waals surface area contributed by atoms with Gasteiger partial charge in [-0.2, -0.15) is 0 Å². The van der Waals surface area contributed by atoms with Crippen LogP contribution in [-0.2, 0) is 27.3 Å². The number of likely N-dealkylation sites (tertiary alicyclic amines) is 2. The van der Waals surface area contributed by atoms with Gasteiger partial charge in [-0.15, -0.1) is 0 Å². The molecule has 10 nitrogen and oxygen atoms in total. The minimum absolute atomic E-state index is 0.211. The van der Waals surface area contributed by atoms with Gasteiger partial charge in [-0.1, -0.05) is 48.5 Å². The number of ether oxygens (including phenoxy) is 3. The minimum atomic E-state index is -0.527. The Bertz CT molecular complexity index is 1390. The fourth-order valence-corrected chi connectivity index (χ4v) is 6.14. The summed E-state index contributed by atoms with van der Waals surface area (Å²) in [6.45, 7) is 20.6. The Hall–Kier alpha value is -3.79. The molecule has 10 heteroatoms. The molecule has 49 heavy (non-hydrogen) atoms. The lowest BCUT2D eigenvalue weighted by Crippen LogP contribution is -2.42. The molecule has 2 atom stereocenters. The van der Waals surface area contributed by atoms with E-state index in [9.17, 15) is 14.4 Å². The van der Waals surface area contributed by atoms with Crippen LogP contribution in [0.25, 0.3) is 0 Å². The molecule has 2 heterocycles. The first-order chi connectivity index (χ1) is 22.8. The summed E-state index contributed by atoms with van der Waals surface area (Å²) in [4.78, 5) is 40.3. The second kappa shape index (κ2) is 17.2. The van der Waals surface area contributed by atoms with Crippen molar-refractivity contribution in [2.75, 3.05) is 26.2 Å². The summed E-state index contributed by atoms with van der Waals surface area (Å²) in [5, 5.41) is 2.83. The van der Waals surface area contributed by atoms with Crippen LogP contribution in [0.3, 0.4) is 0 Å². The van der Waals surface area contributed by atoms with E-state index in [-0.39, 0.29) is 18.1 Å². The molecule has 2 fully saturated rings. The molecular formula is C39H60N4O6. The van der Waals surface area contributed by atoms with Crippen molar-refractivity contribution in [2.24, 2.45) is 5.73 Å². The van der Waals surface area contributed by atoms with E-state index in [0.717, 1.165) is 43.4 Å². The van der Waals surface area contributed by atoms with E-state index in [4.69, 9.17) is 19.9 Å². The normalized spacial score (nSPS) is 18.5. The first-order valence-electron chi connectivity index (χ1n) is 17.6. The number of hydrogen-bond acceptors (Lipinski definition) is 7. The average molecular weight is 681 g/mol. The third-order valence-electron chi connectivity index (χ3n) is 8.18. The summed E-state index contributed by atoms with van der Waals surface area (Å²) in [5.74, 6) is 0.573. The Balaban J connectivity index is 0.000000276. The molecule has 4 rings (SSSR count). The fourth-order valence-electron chi connectivity index (χ4n) is 6.14. The SMILES string of the molecule is CC(C)(C)OC(=O)N1CCCC(c2ccccc2CN)C1.CC(C)(C)OC(=O)NCc1ccccc1C1CCCN(C(=O)OC(C)(C)C)C1. The second-order valence-corrected chi connectivity index (χ2v) is 16.0. The number of carbonyl (C=O) groups is 3. The molecule has 2 aliphatic heterocycles. The highest BCUT2D eigenvalue weighted by Crippen LogP contribution is 2.31. The van der Waals surface area contributed by atoms with E-state index in [2.05, 4.69) is 23.5 Å². The average Bonchev–Trinajstić information content (AvgIpc) is 3.02. The van der Waals surface area contributed by atoms with E-state index < -0.39 is 22.9 Å². The predicted molar refractivity (Wildman–Crippen MR) is 193 cm³/mol. The van der Waals surface area contributed by atoms with Gasteiger partial charge in [0.15, 0.2) is 0 Å². The second-order valence-electron chi connectivity index (χ2n) is 16.0. The fraction of sp³-hybridized carbons (Fsp3) is 0.615. The molecule has 0 saturated carbocycles. The number of nitrogens with zero attached hydrogens (tertiary/aromatic N) is 2. The Kier molecular flexibility index (Phi) is 13.9. The molecule has 2 aromatic rings. The van der Waals surface area contributed by atoms with Gasteiger partial charge < -0.3 is 35.1 Å². The van der Waals surface area contributed by atoms with Gasteiger partial charge >= 0.3 is 18.3 Å². The van der Waals surface area contributed by atoms with Crippen LogP contribution in [0.5, 0.6) is 0 Å². The first kappa shape index (κ1) is 39.6. The number of alkyl carbamates (subject to hydrolysis) is 1. The van der Waals surface area contributed by atoms with Gasteiger partial charge in [0.1, 0.15) is 16.8 Å². The van der Waals surface area contributed by atoms with Crippen molar-refractivity contribution in [1.29, 1.82) is 0 Å². The van der Waals surface area contributed by atoms with Crippen LogP contribution in [0, 0.1) is 0 Å². The Morgan fingerprint density at radius 2 is 1.08 bits per heavy atom. The van der Waals surface area contributed by atoms with E-state index >= 15 is 0 Å². The highest BCUT2D eigenvalue weighted by molar-refractivity contribution is 5.69. The number of nitrogens with one attached hydrogen (secondary N) is 1. The molecule has 272 valence electrons. The van der Waals surface area contributed by atoms with E-state index in [1.54, 1.807) is 4.90 Å². The Labute approximate surface area is 294 Å². The van der Waals surface area contributed by atoms with Crippen molar-refractivity contribution in [1.82, 2.24) is 15.1 Å². The number of piperidine rings is 2. The number of rotatable bonds is 5. The number of benzene rings is 2. The van der Waals surface area contributed by atoms with Gasteiger partial charge in [0.25, 0.3) is 0 Å². The standard InChI is InChI=1S/C22H34N2O4.C17H26N2O2/c1-21(2,3)27-19(25)23-14-16-10-7-8-12-18(16)17-11-9-13-24(15-17)20(26)28-22(4,5)6;1-17(2,3)21-16(20)19-10-6-8-14(12-19)15-9-5-4-7-13(15)11-18/h7-8,10,12,17H,9,11,13-15H2,1-6H3,(H,23,25);4-5,7,9,14H,6,8,10-12,18H2,1-3H3. The molecule has 3 amide bonds. The van der Waals surface area contributed by atoms with Gasteiger partial charge in [0.05, 0.1) is 0 Å². The van der Waals surface area contributed by atoms with Crippen LogP contribution in [-0.4, -0.2) is 71.1 Å². The zero-order valence-corrected chi connectivity index (χ0v) is 31.3. The van der Waals surface area contributed by atoms with Crippen LogP contribution < -0.4 is 11.1 Å². The summed E-state index contributed by atoms with van der Waals surface area (Å²) >= 11 is 0. The topological polar surface area (TPSA) is 123 Å². The third-order valence-corrected chi connectivity index (χ3v) is 8.18. The van der Waals surface area contributed by atoms with Crippen molar-refractivity contribution >= 4 is 18.3 Å². The molecular weight excluding hydrogens is 620 g/mol. The van der Waals surface area contributed by atoms with Crippen molar-refractivity contribution in [2.45, 2.75) is 130 Å². The maximum atomic E-state index is 12.5. The predicted octanol–water partition coefficient (Wildman–Crippen LogP) is 8.09. The first-order valence-corrected chi connectivity index (χ1v) is 17.6. The van der Waals surface area contributed by atoms with Crippen LogP contribution in [0.15, 0.2) is 48.5 Å². The van der Waals surface area contributed by atoms with Gasteiger partial charge in [-0.3, -0.25) is 0 Å². The molecule has 0 spiro atoms. The number of amides is 3. The van der Waals surface area contributed by atoms with Crippen LogP contribution in [0.2, 0.25) is 0 Å². The lowest BCUT2D eigenvalue weighted by atomic mass is 9.87. The summed E-state index contributed by atoms with van der Waals surface area (Å²) in [6.07, 6.45) is 3.12. The molecule has 2 saturated heterocycles. The summed E-state index contributed by atoms with van der Waals surface area (Å²) in [5.41, 5.74) is 9.01. The largest absolute Gasteiger partial charge is 0.444 e. The molecule has 0 aliphatic carbocycles. The molecule has 0 bridgehead atoms. The summed E-state index contributed by atoms with van der Waals surface area (Å²) < 4.78 is 16.3. The zero-order valence-electron chi connectivity index (χ0n) is 31.3. The number of nitrogens with two attached hydrogens (primary N) is 1. The van der Waals surface area contributed by atoms with Crippen molar-refractivity contribution in [3.8, 4) is 0 Å². The summed E-state index contributed by atoms with van der Waals surface area (Å²) in [6, 6.07) is 16.3. The quantitative estimate of drug-likeness (QED) is 0.306. The lowest BCUT2D eigenvalue weighted by molar-refractivity contribution is 0.0188. The smallest absolute Gasteiger partial charge is 0.410 e. The lowest BCUT2D eigenvalue weighted by Gasteiger charge is -2.35. The molecule has 2 unspecified atom stereocenters. The van der Waals surface area contributed by atoms with Crippen molar-refractivity contribution in [3.63, 3.8) is 0 Å². The third kappa shape index (κ3) is 13.6. The molecule has 3 N–H and O–H groups in total. The Morgan fingerprint density at radius 1 is 0.673 bits per heavy atom. The molecule has 0 aromatic heterocycles. The van der Waals surface area contributed by atoms with Crippen LogP contribution in [0.4, 0.5) is 14.4 Å². The highest BCUT2D eigenvalue weighted by atomic mass is 16.6. The van der Waals surface area contributed by atoms with Crippen molar-refractivity contribution < 1.29 is 28.6 Å². The van der Waals surface area contributed by atoms with E-state index in [0.29, 0.717) is 38.6 Å². The monoisotopic (exact) mass is 680 g/mol. The number of carbonyl (C=O) groups excluding carboxylic acids is 3. The van der Waals surface area contributed by atoms with Gasteiger partial charge in [-0.05, 0) is 110 Å². The summed E-state index contributed by atoms with van der Waals surface area (Å²) in [7, 11) is 0. The van der Waals surface area contributed by atoms with Gasteiger partial charge in [0, 0.05) is 51.1 Å². The van der Waals surface area contributed by atoms with E-state index in [1.165, 1.54) is 11.1 Å². The van der Waals surface area contributed by atoms with Crippen LogP contribution >= 0.6 is 0 Å². The molecule has 0 radical (unpaired) electrons. The Morgan fingerprint density at radius 3 is 1.51 bits per heavy atom. The van der Waals surface area contributed by atoms with Crippen LogP contribution in [0.1, 0.15) is 122 Å². The minimum Gasteiger partial charge on any atom is -0.444 e. The van der Waals surface area contributed by atoms with E-state index in [1.807, 2.05) is 97.5 Å². The highest BCUT2D eigenvalue weighted by Gasteiger charge is 2.30. The maximum absolute atomic E-state index is 12.5.